The van der Waals surface area contributed by atoms with Crippen LogP contribution >= 0.6 is 0 Å². The molecule has 1 aromatic rings. The topological polar surface area (TPSA) is 29.3 Å². The van der Waals surface area contributed by atoms with Crippen LogP contribution < -0.4 is 5.73 Å². The van der Waals surface area contributed by atoms with Crippen molar-refractivity contribution in [2.24, 2.45) is 11.7 Å². The van der Waals surface area contributed by atoms with E-state index in [1.807, 2.05) is 6.07 Å². The van der Waals surface area contributed by atoms with Crippen LogP contribution in [0.4, 0.5) is 4.39 Å². The minimum atomic E-state index is -0.0322. The van der Waals surface area contributed by atoms with Gasteiger partial charge in [-0.25, -0.2) is 4.39 Å². The number of fused-ring (bicyclic) bond motifs is 1. The van der Waals surface area contributed by atoms with Gasteiger partial charge in [-0.3, -0.25) is 4.90 Å². The summed E-state index contributed by atoms with van der Waals surface area (Å²) in [6.45, 7) is 0.776. The van der Waals surface area contributed by atoms with Gasteiger partial charge in [0.05, 0.1) is 0 Å². The first kappa shape index (κ1) is 13.1. The van der Waals surface area contributed by atoms with Crippen molar-refractivity contribution in [3.63, 3.8) is 0 Å². The van der Waals surface area contributed by atoms with E-state index in [4.69, 9.17) is 5.73 Å². The highest BCUT2D eigenvalue weighted by Gasteiger charge is 2.36. The Balaban J connectivity index is 1.83. The molecule has 0 saturated heterocycles. The molecule has 2 aliphatic rings. The summed E-state index contributed by atoms with van der Waals surface area (Å²) in [6.07, 6.45) is 5.67. The second kappa shape index (κ2) is 5.22. The predicted octanol–water partition coefficient (Wildman–Crippen LogP) is 2.87. The molecule has 2 aliphatic carbocycles. The molecule has 2 N–H and O–H groups in total. The fraction of sp³-hybridized carbons (Fsp3) is 0.625. The zero-order valence-corrected chi connectivity index (χ0v) is 11.6. The normalized spacial score (nSPS) is 30.0. The summed E-state index contributed by atoms with van der Waals surface area (Å²) < 4.78 is 13.8. The first-order chi connectivity index (χ1) is 9.22. The maximum absolute atomic E-state index is 13.8. The van der Waals surface area contributed by atoms with E-state index < -0.39 is 0 Å². The molecule has 1 aromatic carbocycles. The molecule has 104 valence electrons. The number of halogens is 1. The van der Waals surface area contributed by atoms with Crippen molar-refractivity contribution in [1.82, 2.24) is 4.90 Å². The summed E-state index contributed by atoms with van der Waals surface area (Å²) in [6, 6.07) is 6.47. The van der Waals surface area contributed by atoms with Gasteiger partial charge in [-0.1, -0.05) is 18.6 Å². The maximum atomic E-state index is 13.8. The Bertz CT molecular complexity index is 460. The Morgan fingerprint density at radius 3 is 2.95 bits per heavy atom. The largest absolute Gasteiger partial charge is 0.330 e. The van der Waals surface area contributed by atoms with Crippen molar-refractivity contribution >= 4 is 0 Å². The fourth-order valence-corrected chi connectivity index (χ4v) is 4.07. The van der Waals surface area contributed by atoms with Gasteiger partial charge in [-0.2, -0.15) is 0 Å². The second-order valence-corrected chi connectivity index (χ2v) is 6.02. The lowest BCUT2D eigenvalue weighted by Crippen LogP contribution is -2.39. The highest BCUT2D eigenvalue weighted by atomic mass is 19.1. The van der Waals surface area contributed by atoms with Gasteiger partial charge in [0.1, 0.15) is 5.82 Å². The van der Waals surface area contributed by atoms with Gasteiger partial charge in [0.15, 0.2) is 0 Å². The lowest BCUT2D eigenvalue weighted by atomic mass is 9.99. The number of rotatable bonds is 3. The highest BCUT2D eigenvalue weighted by molar-refractivity contribution is 5.35. The molecule has 1 saturated carbocycles. The number of hydrogen-bond donors (Lipinski definition) is 1. The molecule has 3 atom stereocenters. The minimum Gasteiger partial charge on any atom is -0.330 e. The van der Waals surface area contributed by atoms with E-state index in [-0.39, 0.29) is 5.82 Å². The average molecular weight is 262 g/mol. The summed E-state index contributed by atoms with van der Waals surface area (Å²) in [5.74, 6) is 0.581. The molecule has 0 aliphatic heterocycles. The number of benzene rings is 1. The Hall–Kier alpha value is -0.930. The van der Waals surface area contributed by atoms with E-state index in [1.165, 1.54) is 24.8 Å². The number of hydrogen-bond acceptors (Lipinski definition) is 2. The van der Waals surface area contributed by atoms with Crippen LogP contribution in [0.3, 0.4) is 0 Å². The Kier molecular flexibility index (Phi) is 3.59. The quantitative estimate of drug-likeness (QED) is 0.907. The molecule has 3 unspecified atom stereocenters. The zero-order valence-electron chi connectivity index (χ0n) is 11.6. The molecule has 3 rings (SSSR count). The van der Waals surface area contributed by atoms with Gasteiger partial charge in [-0.15, -0.1) is 0 Å². The van der Waals surface area contributed by atoms with Crippen molar-refractivity contribution in [3.8, 4) is 0 Å². The number of nitrogens with two attached hydrogens (primary N) is 1. The van der Waals surface area contributed by atoms with E-state index in [9.17, 15) is 4.39 Å². The Morgan fingerprint density at radius 2 is 2.16 bits per heavy atom. The Labute approximate surface area is 114 Å². The lowest BCUT2D eigenvalue weighted by molar-refractivity contribution is 0.142. The molecule has 0 spiro atoms. The van der Waals surface area contributed by atoms with Crippen molar-refractivity contribution < 1.29 is 4.39 Å². The van der Waals surface area contributed by atoms with E-state index >= 15 is 0 Å². The lowest BCUT2D eigenvalue weighted by Gasteiger charge is -2.34. The molecular weight excluding hydrogens is 239 g/mol. The summed E-state index contributed by atoms with van der Waals surface area (Å²) in [4.78, 5) is 2.47. The molecular formula is C16H23FN2. The van der Waals surface area contributed by atoms with Crippen molar-refractivity contribution in [2.75, 3.05) is 13.6 Å². The predicted molar refractivity (Wildman–Crippen MR) is 75.4 cm³/mol. The highest BCUT2D eigenvalue weighted by Crippen LogP contribution is 2.40. The van der Waals surface area contributed by atoms with Gasteiger partial charge in [-0.05, 0) is 62.4 Å². The van der Waals surface area contributed by atoms with Crippen molar-refractivity contribution in [2.45, 2.75) is 44.2 Å². The van der Waals surface area contributed by atoms with Crippen LogP contribution in [0.25, 0.3) is 0 Å². The van der Waals surface area contributed by atoms with E-state index in [0.717, 1.165) is 24.9 Å². The molecule has 0 aromatic heterocycles. The van der Waals surface area contributed by atoms with Crippen LogP contribution in [0, 0.1) is 11.7 Å². The summed E-state index contributed by atoms with van der Waals surface area (Å²) >= 11 is 0. The third-order valence-corrected chi connectivity index (χ3v) is 5.12. The van der Waals surface area contributed by atoms with E-state index in [2.05, 4.69) is 18.0 Å². The smallest absolute Gasteiger partial charge is 0.126 e. The van der Waals surface area contributed by atoms with Crippen LogP contribution in [0.15, 0.2) is 18.2 Å². The standard InChI is InChI=1S/C16H23FN2/c1-19(15-7-2-4-11(15)10-18)16-9-8-12-13(16)5-3-6-14(12)17/h3,5-6,11,15-16H,2,4,7-10,18H2,1H3. The molecule has 3 heteroatoms. The minimum absolute atomic E-state index is 0.0322. The molecule has 2 nitrogen and oxygen atoms in total. The molecule has 19 heavy (non-hydrogen) atoms. The van der Waals surface area contributed by atoms with Crippen LogP contribution in [-0.4, -0.2) is 24.5 Å². The van der Waals surface area contributed by atoms with Gasteiger partial charge in [0, 0.05) is 12.1 Å². The first-order valence-electron chi connectivity index (χ1n) is 7.41. The molecule has 0 amide bonds. The average Bonchev–Trinajstić information content (AvgIpc) is 3.05. The van der Waals surface area contributed by atoms with Crippen molar-refractivity contribution in [3.05, 3.63) is 35.1 Å². The van der Waals surface area contributed by atoms with Gasteiger partial charge >= 0.3 is 0 Å². The second-order valence-electron chi connectivity index (χ2n) is 6.02. The molecule has 1 fully saturated rings. The van der Waals surface area contributed by atoms with E-state index in [0.29, 0.717) is 18.0 Å². The van der Waals surface area contributed by atoms with Gasteiger partial charge in [0.25, 0.3) is 0 Å². The van der Waals surface area contributed by atoms with E-state index in [1.54, 1.807) is 6.07 Å². The Morgan fingerprint density at radius 1 is 1.32 bits per heavy atom. The maximum Gasteiger partial charge on any atom is 0.126 e. The molecule has 0 radical (unpaired) electrons. The van der Waals surface area contributed by atoms with Crippen molar-refractivity contribution in [1.29, 1.82) is 0 Å². The molecule has 0 bridgehead atoms. The van der Waals surface area contributed by atoms with Gasteiger partial charge in [0.2, 0.25) is 0 Å². The zero-order chi connectivity index (χ0) is 13.4. The number of nitrogens with zero attached hydrogens (tertiary/aromatic N) is 1. The molecule has 0 heterocycles. The third kappa shape index (κ3) is 2.19. The van der Waals surface area contributed by atoms with Crippen LogP contribution in [0.5, 0.6) is 0 Å². The first-order valence-corrected chi connectivity index (χ1v) is 7.41. The van der Waals surface area contributed by atoms with Crippen LogP contribution in [0.2, 0.25) is 0 Å². The monoisotopic (exact) mass is 262 g/mol. The SMILES string of the molecule is CN(C1CCc2c(F)cccc21)C1CCCC1CN. The summed E-state index contributed by atoms with van der Waals surface area (Å²) in [5, 5.41) is 0. The third-order valence-electron chi connectivity index (χ3n) is 5.12. The van der Waals surface area contributed by atoms with Crippen LogP contribution in [0.1, 0.15) is 42.9 Å². The summed E-state index contributed by atoms with van der Waals surface area (Å²) in [7, 11) is 2.20. The fourth-order valence-electron chi connectivity index (χ4n) is 4.07. The van der Waals surface area contributed by atoms with Gasteiger partial charge < -0.3 is 5.73 Å². The summed E-state index contributed by atoms with van der Waals surface area (Å²) in [5.41, 5.74) is 8.02. The van der Waals surface area contributed by atoms with Crippen LogP contribution in [-0.2, 0) is 6.42 Å².